The monoisotopic (exact) mass is 268 g/mol. The second-order valence-corrected chi connectivity index (χ2v) is 5.29. The molecule has 0 aromatic carbocycles. The molecule has 1 atom stereocenters. The molecule has 7 heteroatoms. The molecule has 2 aliphatic rings. The zero-order valence-corrected chi connectivity index (χ0v) is 10.8. The molecule has 1 aliphatic carbocycles. The number of carbonyl (C=O) groups is 2. The van der Waals surface area contributed by atoms with E-state index in [1.165, 1.54) is 0 Å². The van der Waals surface area contributed by atoms with Crippen molar-refractivity contribution in [3.63, 3.8) is 0 Å². The van der Waals surface area contributed by atoms with Crippen molar-refractivity contribution in [1.29, 1.82) is 0 Å². The van der Waals surface area contributed by atoms with Gasteiger partial charge in [0.05, 0.1) is 0 Å². The van der Waals surface area contributed by atoms with Gasteiger partial charge >= 0.3 is 0 Å². The summed E-state index contributed by atoms with van der Waals surface area (Å²) in [5, 5.41) is 17.5. The van der Waals surface area contributed by atoms with E-state index < -0.39 is 5.41 Å². The maximum absolute atomic E-state index is 12.4. The lowest BCUT2D eigenvalue weighted by atomic mass is 9.83. The van der Waals surface area contributed by atoms with E-state index in [2.05, 4.69) is 15.8 Å². The van der Waals surface area contributed by atoms with Gasteiger partial charge in [0, 0.05) is 19.0 Å². The molecule has 1 saturated carbocycles. The maximum atomic E-state index is 12.4. The van der Waals surface area contributed by atoms with Gasteiger partial charge in [-0.1, -0.05) is 18.0 Å². The molecule has 0 bridgehead atoms. The molecule has 0 aromatic rings. The summed E-state index contributed by atoms with van der Waals surface area (Å²) in [6.07, 6.45) is 4.04. The van der Waals surface area contributed by atoms with Crippen molar-refractivity contribution in [1.82, 2.24) is 10.6 Å². The quantitative estimate of drug-likeness (QED) is 0.243. The van der Waals surface area contributed by atoms with E-state index in [0.717, 1.165) is 12.8 Å². The van der Waals surface area contributed by atoms with Crippen LogP contribution in [0, 0.1) is 5.41 Å². The Kier molecular flexibility index (Phi) is 3.92. The molecule has 1 unspecified atom stereocenters. The van der Waals surface area contributed by atoms with Crippen LogP contribution in [0.2, 0.25) is 0 Å². The normalized spacial score (nSPS) is 26.8. The van der Waals surface area contributed by atoms with Crippen LogP contribution in [0.25, 0.3) is 0 Å². The maximum Gasteiger partial charge on any atom is 0.234 e. The first-order valence-corrected chi connectivity index (χ1v) is 6.64. The van der Waals surface area contributed by atoms with Crippen molar-refractivity contribution in [2.45, 2.75) is 44.6 Å². The summed E-state index contributed by atoms with van der Waals surface area (Å²) in [6.45, 7) is 0.441. The first kappa shape index (κ1) is 13.6. The summed E-state index contributed by atoms with van der Waals surface area (Å²) in [6, 6.07) is -0.0748. The van der Waals surface area contributed by atoms with Gasteiger partial charge in [-0.15, -0.1) is 0 Å². The zero-order chi connectivity index (χ0) is 13.9. The summed E-state index contributed by atoms with van der Waals surface area (Å²) < 4.78 is 0. The molecule has 7 nitrogen and oxygen atoms in total. The molecule has 106 valence electrons. The fraction of sp³-hybridized carbons (Fsp3) is 0.750. The Hall–Kier alpha value is -1.79. The highest BCUT2D eigenvalue weighted by Gasteiger charge is 2.46. The lowest BCUT2D eigenvalue weighted by molar-refractivity contribution is -0.130. The Morgan fingerprint density at radius 2 is 2.16 bits per heavy atom. The number of oxime groups is 1. The highest BCUT2D eigenvalue weighted by atomic mass is 16.4. The summed E-state index contributed by atoms with van der Waals surface area (Å²) in [4.78, 5) is 23.5. The van der Waals surface area contributed by atoms with Crippen molar-refractivity contribution in [2.75, 3.05) is 6.54 Å². The average Bonchev–Trinajstić information content (AvgIpc) is 2.91. The van der Waals surface area contributed by atoms with Crippen LogP contribution in [0.5, 0.6) is 0 Å². The molecule has 1 heterocycles. The molecule has 5 N–H and O–H groups in total. The van der Waals surface area contributed by atoms with Crippen LogP contribution in [-0.4, -0.2) is 35.4 Å². The van der Waals surface area contributed by atoms with Gasteiger partial charge in [0.25, 0.3) is 0 Å². The summed E-state index contributed by atoms with van der Waals surface area (Å²) in [5.74, 6) is -0.193. The fourth-order valence-electron chi connectivity index (χ4n) is 2.85. The largest absolute Gasteiger partial charge is 0.409 e. The van der Waals surface area contributed by atoms with Crippen molar-refractivity contribution in [3.8, 4) is 0 Å². The first-order chi connectivity index (χ1) is 9.08. The van der Waals surface area contributed by atoms with E-state index in [1.54, 1.807) is 0 Å². The molecule has 2 fully saturated rings. The van der Waals surface area contributed by atoms with Crippen LogP contribution in [0.3, 0.4) is 0 Å². The third-order valence-corrected chi connectivity index (χ3v) is 4.09. The third kappa shape index (κ3) is 2.64. The molecule has 0 radical (unpaired) electrons. The van der Waals surface area contributed by atoms with E-state index >= 15 is 0 Å². The Balaban J connectivity index is 2.02. The zero-order valence-electron chi connectivity index (χ0n) is 10.8. The average molecular weight is 268 g/mol. The van der Waals surface area contributed by atoms with E-state index in [1.807, 2.05) is 0 Å². The van der Waals surface area contributed by atoms with Gasteiger partial charge in [0.2, 0.25) is 11.8 Å². The van der Waals surface area contributed by atoms with Crippen LogP contribution < -0.4 is 16.4 Å². The first-order valence-electron chi connectivity index (χ1n) is 6.64. The topological polar surface area (TPSA) is 117 Å². The molecular formula is C12H20N4O3. The predicted octanol–water partition coefficient (Wildman–Crippen LogP) is -0.312. The highest BCUT2D eigenvalue weighted by molar-refractivity contribution is 6.07. The fourth-order valence-corrected chi connectivity index (χ4v) is 2.85. The number of amides is 2. The van der Waals surface area contributed by atoms with Gasteiger partial charge in [0.15, 0.2) is 5.84 Å². The van der Waals surface area contributed by atoms with Gasteiger partial charge in [-0.25, -0.2) is 0 Å². The molecule has 0 spiro atoms. The Morgan fingerprint density at radius 3 is 2.68 bits per heavy atom. The van der Waals surface area contributed by atoms with Crippen LogP contribution in [0.1, 0.15) is 38.5 Å². The van der Waals surface area contributed by atoms with Gasteiger partial charge in [-0.3, -0.25) is 9.59 Å². The number of nitrogens with zero attached hydrogens (tertiary/aromatic N) is 1. The van der Waals surface area contributed by atoms with Crippen molar-refractivity contribution >= 4 is 17.6 Å². The molecular weight excluding hydrogens is 248 g/mol. The number of carbonyl (C=O) groups excluding carboxylic acids is 2. The van der Waals surface area contributed by atoms with Gasteiger partial charge in [0.1, 0.15) is 5.41 Å². The minimum Gasteiger partial charge on any atom is -0.409 e. The minimum atomic E-state index is -0.879. The molecule has 2 amide bonds. The summed E-state index contributed by atoms with van der Waals surface area (Å²) in [5.41, 5.74) is 4.83. The smallest absolute Gasteiger partial charge is 0.234 e. The summed E-state index contributed by atoms with van der Waals surface area (Å²) in [7, 11) is 0. The van der Waals surface area contributed by atoms with Crippen molar-refractivity contribution in [2.24, 2.45) is 16.3 Å². The molecule has 0 aromatic heterocycles. The second-order valence-electron chi connectivity index (χ2n) is 5.29. The second kappa shape index (κ2) is 5.46. The van der Waals surface area contributed by atoms with E-state index in [9.17, 15) is 9.59 Å². The Labute approximate surface area is 111 Å². The van der Waals surface area contributed by atoms with Crippen LogP contribution >= 0.6 is 0 Å². The number of nitrogens with two attached hydrogens (primary N) is 1. The molecule has 2 rings (SSSR count). The Bertz CT molecular complexity index is 392. The number of piperidine rings is 1. The lowest BCUT2D eigenvalue weighted by Crippen LogP contribution is -2.54. The van der Waals surface area contributed by atoms with E-state index in [4.69, 9.17) is 10.9 Å². The van der Waals surface area contributed by atoms with Gasteiger partial charge in [-0.2, -0.15) is 0 Å². The Morgan fingerprint density at radius 1 is 1.47 bits per heavy atom. The SMILES string of the molecule is NC(=NO)C1(C(=O)NC2CCC(=O)NC2)CCCC1. The van der Waals surface area contributed by atoms with Gasteiger partial charge in [-0.05, 0) is 19.3 Å². The number of hydrogen-bond donors (Lipinski definition) is 4. The number of hydrogen-bond acceptors (Lipinski definition) is 4. The standard InChI is InChI=1S/C12H20N4O3/c13-10(16-19)12(5-1-2-6-12)11(18)15-8-3-4-9(17)14-7-8/h8,19H,1-7H2,(H2,13,16)(H,14,17)(H,15,18). The minimum absolute atomic E-state index is 0.0116. The van der Waals surface area contributed by atoms with Crippen molar-refractivity contribution < 1.29 is 14.8 Å². The van der Waals surface area contributed by atoms with Crippen LogP contribution in [0.4, 0.5) is 0 Å². The van der Waals surface area contributed by atoms with Crippen LogP contribution in [0.15, 0.2) is 5.16 Å². The predicted molar refractivity (Wildman–Crippen MR) is 68.5 cm³/mol. The number of nitrogens with one attached hydrogen (secondary N) is 2. The van der Waals surface area contributed by atoms with E-state index in [-0.39, 0.29) is 23.7 Å². The lowest BCUT2D eigenvalue weighted by Gasteiger charge is -2.30. The number of rotatable bonds is 3. The molecule has 1 aliphatic heterocycles. The van der Waals surface area contributed by atoms with Gasteiger partial charge < -0.3 is 21.6 Å². The molecule has 19 heavy (non-hydrogen) atoms. The third-order valence-electron chi connectivity index (χ3n) is 4.09. The molecule has 1 saturated heterocycles. The van der Waals surface area contributed by atoms with E-state index in [0.29, 0.717) is 32.2 Å². The van der Waals surface area contributed by atoms with Crippen molar-refractivity contribution in [3.05, 3.63) is 0 Å². The van der Waals surface area contributed by atoms with Crippen LogP contribution in [-0.2, 0) is 9.59 Å². The number of amidine groups is 1. The highest BCUT2D eigenvalue weighted by Crippen LogP contribution is 2.38. The summed E-state index contributed by atoms with van der Waals surface area (Å²) >= 11 is 0.